The summed E-state index contributed by atoms with van der Waals surface area (Å²) in [5.74, 6) is -2.40. The van der Waals surface area contributed by atoms with Gasteiger partial charge in [0.15, 0.2) is 5.78 Å². The molecule has 0 amide bonds. The number of anilines is 1. The smallest absolute Gasteiger partial charge is 0.199 e. The van der Waals surface area contributed by atoms with Gasteiger partial charge in [-0.25, -0.2) is 13.8 Å². The summed E-state index contributed by atoms with van der Waals surface area (Å²) in [4.78, 5) is 15.7. The summed E-state index contributed by atoms with van der Waals surface area (Å²) >= 11 is 5.68. The van der Waals surface area contributed by atoms with Crippen molar-refractivity contribution in [2.24, 2.45) is 0 Å². The third-order valence-electron chi connectivity index (χ3n) is 2.30. The molecule has 0 aliphatic rings. The maximum atomic E-state index is 13.5. The van der Waals surface area contributed by atoms with E-state index >= 15 is 0 Å². The largest absolute Gasteiger partial charge is 0.383 e. The van der Waals surface area contributed by atoms with Crippen molar-refractivity contribution in [3.05, 3.63) is 58.2 Å². The second-order valence-electron chi connectivity index (χ2n) is 3.54. The molecule has 0 fully saturated rings. The third-order valence-corrected chi connectivity index (χ3v) is 2.51. The summed E-state index contributed by atoms with van der Waals surface area (Å²) in [6, 6.07) is 3.86. The van der Waals surface area contributed by atoms with E-state index in [1.807, 2.05) is 0 Å². The number of halogens is 3. The lowest BCUT2D eigenvalue weighted by Gasteiger charge is -2.05. The van der Waals surface area contributed by atoms with Gasteiger partial charge in [0.2, 0.25) is 0 Å². The van der Waals surface area contributed by atoms with E-state index < -0.39 is 23.0 Å². The molecule has 2 aromatic rings. The van der Waals surface area contributed by atoms with Crippen LogP contribution in [0.4, 0.5) is 14.6 Å². The summed E-state index contributed by atoms with van der Waals surface area (Å²) in [6.07, 6.45) is 1.26. The predicted octanol–water partition coefficient (Wildman–Crippen LogP) is 2.83. The van der Waals surface area contributed by atoms with E-state index in [1.54, 1.807) is 0 Å². The number of hydrogen-bond acceptors (Lipinski definition) is 3. The van der Waals surface area contributed by atoms with Gasteiger partial charge in [-0.2, -0.15) is 0 Å². The normalized spacial score (nSPS) is 10.4. The predicted molar refractivity (Wildman–Crippen MR) is 63.4 cm³/mol. The average molecular weight is 269 g/mol. The first-order valence-corrected chi connectivity index (χ1v) is 5.27. The second-order valence-corrected chi connectivity index (χ2v) is 3.98. The van der Waals surface area contributed by atoms with Crippen LogP contribution in [0.5, 0.6) is 0 Å². The average Bonchev–Trinajstić information content (AvgIpc) is 2.34. The van der Waals surface area contributed by atoms with E-state index in [0.29, 0.717) is 0 Å². The maximum absolute atomic E-state index is 13.5. The van der Waals surface area contributed by atoms with Crippen LogP contribution in [0, 0.1) is 11.6 Å². The van der Waals surface area contributed by atoms with E-state index in [0.717, 1.165) is 18.2 Å². The maximum Gasteiger partial charge on any atom is 0.199 e. The molecule has 0 atom stereocenters. The van der Waals surface area contributed by atoms with Gasteiger partial charge in [-0.05, 0) is 24.3 Å². The standard InChI is InChI=1S/C12H7ClF2N2O/c13-6-3-9(12(16)17-5-6)11(18)8-4-7(14)1-2-10(8)15/h1-5H,(H2,16,17). The number of nitrogen functional groups attached to an aromatic ring is 1. The van der Waals surface area contributed by atoms with Crippen LogP contribution in [0.3, 0.4) is 0 Å². The Kier molecular flexibility index (Phi) is 3.25. The highest BCUT2D eigenvalue weighted by atomic mass is 35.5. The van der Waals surface area contributed by atoms with Crippen molar-refractivity contribution in [2.75, 3.05) is 5.73 Å². The molecule has 92 valence electrons. The van der Waals surface area contributed by atoms with E-state index in [2.05, 4.69) is 4.98 Å². The Morgan fingerprint density at radius 2 is 1.94 bits per heavy atom. The molecule has 0 bridgehead atoms. The lowest BCUT2D eigenvalue weighted by Crippen LogP contribution is -2.09. The molecule has 2 N–H and O–H groups in total. The topological polar surface area (TPSA) is 56.0 Å². The number of aromatic nitrogens is 1. The van der Waals surface area contributed by atoms with Crippen molar-refractivity contribution in [3.63, 3.8) is 0 Å². The van der Waals surface area contributed by atoms with Gasteiger partial charge in [0.25, 0.3) is 0 Å². The van der Waals surface area contributed by atoms with Crippen molar-refractivity contribution < 1.29 is 13.6 Å². The summed E-state index contributed by atoms with van der Waals surface area (Å²) < 4.78 is 26.5. The van der Waals surface area contributed by atoms with Gasteiger partial charge in [-0.15, -0.1) is 0 Å². The molecule has 18 heavy (non-hydrogen) atoms. The highest BCUT2D eigenvalue weighted by molar-refractivity contribution is 6.31. The molecule has 6 heteroatoms. The zero-order valence-corrected chi connectivity index (χ0v) is 9.71. The quantitative estimate of drug-likeness (QED) is 0.852. The molecule has 0 spiro atoms. The summed E-state index contributed by atoms with van der Waals surface area (Å²) in [5, 5.41) is 0.185. The number of rotatable bonds is 2. The highest BCUT2D eigenvalue weighted by Crippen LogP contribution is 2.20. The Morgan fingerprint density at radius 3 is 2.67 bits per heavy atom. The van der Waals surface area contributed by atoms with Crippen LogP contribution in [0.15, 0.2) is 30.5 Å². The van der Waals surface area contributed by atoms with Crippen molar-refractivity contribution >= 4 is 23.2 Å². The number of hydrogen-bond donors (Lipinski definition) is 1. The minimum atomic E-state index is -0.833. The molecule has 0 aliphatic carbocycles. The van der Waals surface area contributed by atoms with Gasteiger partial charge < -0.3 is 5.73 Å². The van der Waals surface area contributed by atoms with Crippen molar-refractivity contribution in [1.29, 1.82) is 0 Å². The molecule has 1 heterocycles. The number of ketones is 1. The van der Waals surface area contributed by atoms with E-state index in [-0.39, 0.29) is 16.4 Å². The highest BCUT2D eigenvalue weighted by Gasteiger charge is 2.18. The van der Waals surface area contributed by atoms with E-state index in [9.17, 15) is 13.6 Å². The fourth-order valence-corrected chi connectivity index (χ4v) is 1.61. The Hall–Kier alpha value is -2.01. The van der Waals surface area contributed by atoms with Gasteiger partial charge in [-0.1, -0.05) is 11.6 Å². The van der Waals surface area contributed by atoms with Gasteiger partial charge >= 0.3 is 0 Å². The van der Waals surface area contributed by atoms with Crippen molar-refractivity contribution in [2.45, 2.75) is 0 Å². The minimum Gasteiger partial charge on any atom is -0.383 e. The summed E-state index contributed by atoms with van der Waals surface area (Å²) in [5.41, 5.74) is 5.03. The number of carbonyl (C=O) groups is 1. The van der Waals surface area contributed by atoms with Crippen LogP contribution >= 0.6 is 11.6 Å². The van der Waals surface area contributed by atoms with Gasteiger partial charge in [-0.3, -0.25) is 4.79 Å². The molecule has 0 radical (unpaired) electrons. The lowest BCUT2D eigenvalue weighted by atomic mass is 10.0. The molecule has 0 unspecified atom stereocenters. The first-order chi connectivity index (χ1) is 8.49. The Labute approximate surface area is 106 Å². The van der Waals surface area contributed by atoms with Gasteiger partial charge in [0.05, 0.1) is 16.1 Å². The summed E-state index contributed by atoms with van der Waals surface area (Å²) in [6.45, 7) is 0. The lowest BCUT2D eigenvalue weighted by molar-refractivity contribution is 0.103. The number of benzene rings is 1. The second kappa shape index (κ2) is 4.70. The number of pyridine rings is 1. The molecular formula is C12H7ClF2N2O. The zero-order chi connectivity index (χ0) is 13.3. The Balaban J connectivity index is 2.54. The molecular weight excluding hydrogens is 262 g/mol. The summed E-state index contributed by atoms with van der Waals surface area (Å²) in [7, 11) is 0. The van der Waals surface area contributed by atoms with Crippen LogP contribution in [-0.2, 0) is 0 Å². The van der Waals surface area contributed by atoms with Crippen LogP contribution in [0.1, 0.15) is 15.9 Å². The fraction of sp³-hybridized carbons (Fsp3) is 0. The molecule has 1 aromatic heterocycles. The zero-order valence-electron chi connectivity index (χ0n) is 8.95. The molecule has 1 aromatic carbocycles. The van der Waals surface area contributed by atoms with Crippen LogP contribution in [0.25, 0.3) is 0 Å². The van der Waals surface area contributed by atoms with Gasteiger partial charge in [0.1, 0.15) is 17.5 Å². The number of carbonyl (C=O) groups excluding carboxylic acids is 1. The Morgan fingerprint density at radius 1 is 1.22 bits per heavy atom. The van der Waals surface area contributed by atoms with Gasteiger partial charge in [0, 0.05) is 6.20 Å². The first-order valence-electron chi connectivity index (χ1n) is 4.90. The monoisotopic (exact) mass is 268 g/mol. The molecule has 0 aliphatic heterocycles. The Bertz CT molecular complexity index is 578. The van der Waals surface area contributed by atoms with Crippen molar-refractivity contribution in [3.8, 4) is 0 Å². The number of nitrogens with two attached hydrogens (primary N) is 1. The fourth-order valence-electron chi connectivity index (χ4n) is 1.45. The SMILES string of the molecule is Nc1ncc(Cl)cc1C(=O)c1cc(F)ccc1F. The number of nitrogens with zero attached hydrogens (tertiary/aromatic N) is 1. The van der Waals surface area contributed by atoms with E-state index in [1.165, 1.54) is 12.3 Å². The third kappa shape index (κ3) is 2.31. The van der Waals surface area contributed by atoms with Crippen LogP contribution in [-0.4, -0.2) is 10.8 Å². The molecule has 2 rings (SSSR count). The molecule has 0 saturated heterocycles. The molecule has 3 nitrogen and oxygen atoms in total. The molecule has 0 saturated carbocycles. The minimum absolute atomic E-state index is 0.0630. The van der Waals surface area contributed by atoms with Crippen LogP contribution < -0.4 is 5.73 Å². The van der Waals surface area contributed by atoms with Crippen LogP contribution in [0.2, 0.25) is 5.02 Å². The van der Waals surface area contributed by atoms with Crippen molar-refractivity contribution in [1.82, 2.24) is 4.98 Å². The van der Waals surface area contributed by atoms with E-state index in [4.69, 9.17) is 17.3 Å². The first kappa shape index (κ1) is 12.4.